The van der Waals surface area contributed by atoms with Crippen molar-refractivity contribution < 1.29 is 9.90 Å². The minimum absolute atomic E-state index is 0.0592. The van der Waals surface area contributed by atoms with Gasteiger partial charge in [0.1, 0.15) is 6.54 Å². The van der Waals surface area contributed by atoms with Crippen molar-refractivity contribution in [1.29, 1.82) is 5.26 Å². The van der Waals surface area contributed by atoms with E-state index in [1.807, 2.05) is 6.07 Å². The van der Waals surface area contributed by atoms with E-state index in [4.69, 9.17) is 22.0 Å². The largest absolute Gasteiger partial charge is 0.480 e. The molecule has 5 heteroatoms. The van der Waals surface area contributed by atoms with Crippen LogP contribution in [0.4, 0.5) is 5.69 Å². The van der Waals surface area contributed by atoms with Gasteiger partial charge in [-0.05, 0) is 31.0 Å². The van der Waals surface area contributed by atoms with Crippen LogP contribution in [0.3, 0.4) is 0 Å². The number of carboxylic acid groups (broad SMARTS) is 1. The first-order valence-corrected chi connectivity index (χ1v) is 5.67. The van der Waals surface area contributed by atoms with Crippen LogP contribution in [-0.4, -0.2) is 23.7 Å². The van der Waals surface area contributed by atoms with E-state index in [0.717, 1.165) is 12.8 Å². The smallest absolute Gasteiger partial charge is 0.323 e. The van der Waals surface area contributed by atoms with Gasteiger partial charge in [0.25, 0.3) is 0 Å². The highest BCUT2D eigenvalue weighted by Gasteiger charge is 2.31. The van der Waals surface area contributed by atoms with Crippen LogP contribution in [-0.2, 0) is 4.79 Å². The molecule has 0 heterocycles. The third-order valence-corrected chi connectivity index (χ3v) is 2.98. The molecular formula is C12H11ClN2O2. The number of rotatable bonds is 4. The third-order valence-electron chi connectivity index (χ3n) is 2.68. The highest BCUT2D eigenvalue weighted by atomic mass is 35.5. The van der Waals surface area contributed by atoms with E-state index in [9.17, 15) is 4.79 Å². The number of nitrogens with zero attached hydrogens (tertiary/aromatic N) is 2. The fourth-order valence-electron chi connectivity index (χ4n) is 1.75. The molecule has 0 radical (unpaired) electrons. The molecule has 88 valence electrons. The van der Waals surface area contributed by atoms with Crippen LogP contribution in [0.5, 0.6) is 0 Å². The van der Waals surface area contributed by atoms with E-state index in [0.29, 0.717) is 16.3 Å². The molecule has 0 aromatic heterocycles. The Morgan fingerprint density at radius 1 is 1.59 bits per heavy atom. The lowest BCUT2D eigenvalue weighted by atomic mass is 10.2. The predicted molar refractivity (Wildman–Crippen MR) is 64.2 cm³/mol. The molecule has 1 fully saturated rings. The average Bonchev–Trinajstić information content (AvgIpc) is 3.09. The van der Waals surface area contributed by atoms with Gasteiger partial charge in [-0.25, -0.2) is 0 Å². The molecule has 1 saturated carbocycles. The van der Waals surface area contributed by atoms with E-state index in [-0.39, 0.29) is 12.6 Å². The molecule has 0 spiro atoms. The second-order valence-electron chi connectivity index (χ2n) is 4.03. The predicted octanol–water partition coefficient (Wildman–Crippen LogP) is 2.27. The van der Waals surface area contributed by atoms with Crippen LogP contribution in [0.15, 0.2) is 18.2 Å². The molecule has 1 aromatic carbocycles. The van der Waals surface area contributed by atoms with Crippen LogP contribution in [0.25, 0.3) is 0 Å². The average molecular weight is 251 g/mol. The lowest BCUT2D eigenvalue weighted by Crippen LogP contribution is -2.31. The van der Waals surface area contributed by atoms with Crippen molar-refractivity contribution in [3.63, 3.8) is 0 Å². The van der Waals surface area contributed by atoms with Crippen LogP contribution >= 0.6 is 11.6 Å². The number of halogens is 1. The summed E-state index contributed by atoms with van der Waals surface area (Å²) in [4.78, 5) is 12.6. The number of carboxylic acids is 1. The van der Waals surface area contributed by atoms with Gasteiger partial charge in [0.15, 0.2) is 0 Å². The molecule has 1 aliphatic carbocycles. The van der Waals surface area contributed by atoms with Gasteiger partial charge in [-0.15, -0.1) is 0 Å². The number of hydrogen-bond donors (Lipinski definition) is 1. The van der Waals surface area contributed by atoms with Crippen LogP contribution in [0.1, 0.15) is 18.4 Å². The van der Waals surface area contributed by atoms with Gasteiger partial charge >= 0.3 is 5.97 Å². The number of nitriles is 1. The first-order chi connectivity index (χ1) is 8.11. The second-order valence-corrected chi connectivity index (χ2v) is 4.44. The highest BCUT2D eigenvalue weighted by molar-refractivity contribution is 6.33. The molecule has 0 saturated heterocycles. The Kier molecular flexibility index (Phi) is 3.21. The molecule has 0 aliphatic heterocycles. The molecule has 0 atom stereocenters. The number of hydrogen-bond acceptors (Lipinski definition) is 3. The summed E-state index contributed by atoms with van der Waals surface area (Å²) in [6.45, 7) is -0.0592. The first-order valence-electron chi connectivity index (χ1n) is 5.30. The Bertz CT molecular complexity index is 492. The van der Waals surface area contributed by atoms with Crippen molar-refractivity contribution in [2.75, 3.05) is 11.4 Å². The molecule has 0 amide bonds. The number of aliphatic carboxylic acids is 1. The zero-order valence-electron chi connectivity index (χ0n) is 9.06. The molecular weight excluding hydrogens is 240 g/mol. The summed E-state index contributed by atoms with van der Waals surface area (Å²) < 4.78 is 0. The Morgan fingerprint density at radius 2 is 2.29 bits per heavy atom. The molecule has 0 unspecified atom stereocenters. The lowest BCUT2D eigenvalue weighted by Gasteiger charge is -2.23. The van der Waals surface area contributed by atoms with E-state index < -0.39 is 5.97 Å². The molecule has 1 aromatic rings. The Labute approximate surface area is 104 Å². The quantitative estimate of drug-likeness (QED) is 0.890. The maximum Gasteiger partial charge on any atom is 0.323 e. The summed E-state index contributed by atoms with van der Waals surface area (Å²) in [5.74, 6) is -0.877. The van der Waals surface area contributed by atoms with E-state index in [2.05, 4.69) is 0 Å². The molecule has 4 nitrogen and oxygen atoms in total. The molecule has 17 heavy (non-hydrogen) atoms. The lowest BCUT2D eigenvalue weighted by molar-refractivity contribution is -0.135. The Morgan fingerprint density at radius 3 is 2.76 bits per heavy atom. The Balaban J connectivity index is 2.29. The standard InChI is InChI=1S/C12H11ClN2O2/c13-10-5-8(6-14)1-4-11(10)15(7-12(16)17)9-2-3-9/h1,4-5,9H,2-3,7H2,(H,16,17). The van der Waals surface area contributed by atoms with Crippen LogP contribution in [0.2, 0.25) is 5.02 Å². The highest BCUT2D eigenvalue weighted by Crippen LogP contribution is 2.35. The summed E-state index contributed by atoms with van der Waals surface area (Å²) in [5, 5.41) is 18.0. The molecule has 0 bridgehead atoms. The van der Waals surface area contributed by atoms with E-state index >= 15 is 0 Å². The van der Waals surface area contributed by atoms with Gasteiger partial charge in [-0.3, -0.25) is 4.79 Å². The second kappa shape index (κ2) is 4.64. The van der Waals surface area contributed by atoms with Gasteiger partial charge in [0.2, 0.25) is 0 Å². The summed E-state index contributed by atoms with van der Waals surface area (Å²) in [5.41, 5.74) is 1.17. The molecule has 1 aliphatic rings. The van der Waals surface area contributed by atoms with Crippen molar-refractivity contribution in [2.24, 2.45) is 0 Å². The summed E-state index contributed by atoms with van der Waals surface area (Å²) in [7, 11) is 0. The zero-order valence-corrected chi connectivity index (χ0v) is 9.81. The first kappa shape index (κ1) is 11.7. The van der Waals surface area contributed by atoms with Gasteiger partial charge in [-0.2, -0.15) is 5.26 Å². The topological polar surface area (TPSA) is 64.3 Å². The summed E-state index contributed by atoms with van der Waals surface area (Å²) >= 11 is 6.07. The van der Waals surface area contributed by atoms with Crippen molar-refractivity contribution in [3.8, 4) is 6.07 Å². The van der Waals surface area contributed by atoms with Gasteiger partial charge in [0, 0.05) is 6.04 Å². The Hall–Kier alpha value is -1.73. The van der Waals surface area contributed by atoms with Gasteiger partial charge in [0.05, 0.1) is 22.3 Å². The van der Waals surface area contributed by atoms with E-state index in [1.54, 1.807) is 23.1 Å². The van der Waals surface area contributed by atoms with Crippen molar-refractivity contribution in [2.45, 2.75) is 18.9 Å². The maximum absolute atomic E-state index is 10.8. The fraction of sp³-hybridized carbons (Fsp3) is 0.333. The number of anilines is 1. The minimum atomic E-state index is -0.877. The molecule has 2 rings (SSSR count). The van der Waals surface area contributed by atoms with Crippen molar-refractivity contribution >= 4 is 23.3 Å². The molecule has 1 N–H and O–H groups in total. The van der Waals surface area contributed by atoms with Gasteiger partial charge in [-0.1, -0.05) is 11.6 Å². The van der Waals surface area contributed by atoms with Crippen LogP contribution in [0, 0.1) is 11.3 Å². The normalized spacial score (nSPS) is 14.1. The minimum Gasteiger partial charge on any atom is -0.480 e. The number of benzene rings is 1. The van der Waals surface area contributed by atoms with Crippen molar-refractivity contribution in [3.05, 3.63) is 28.8 Å². The summed E-state index contributed by atoms with van der Waals surface area (Å²) in [6.07, 6.45) is 1.98. The number of carbonyl (C=O) groups is 1. The van der Waals surface area contributed by atoms with E-state index in [1.165, 1.54) is 0 Å². The van der Waals surface area contributed by atoms with Crippen molar-refractivity contribution in [1.82, 2.24) is 0 Å². The third kappa shape index (κ3) is 2.69. The maximum atomic E-state index is 10.8. The van der Waals surface area contributed by atoms with Gasteiger partial charge < -0.3 is 10.0 Å². The fourth-order valence-corrected chi connectivity index (χ4v) is 2.04. The SMILES string of the molecule is N#Cc1ccc(N(CC(=O)O)C2CC2)c(Cl)c1. The summed E-state index contributed by atoms with van der Waals surface area (Å²) in [6, 6.07) is 7.19. The zero-order chi connectivity index (χ0) is 12.4. The monoisotopic (exact) mass is 250 g/mol. The van der Waals surface area contributed by atoms with Crippen LogP contribution < -0.4 is 4.90 Å².